The average molecular weight is 304 g/mol. The van der Waals surface area contributed by atoms with E-state index >= 15 is 0 Å². The normalized spacial score (nSPS) is 15.6. The Hall–Kier alpha value is -1.13. The number of hydrogen-bond acceptors (Lipinski definition) is 4. The lowest BCUT2D eigenvalue weighted by molar-refractivity contribution is 0.886. The predicted octanol–water partition coefficient (Wildman–Crippen LogP) is 4.98. The van der Waals surface area contributed by atoms with Gasteiger partial charge in [-0.05, 0) is 36.4 Å². The van der Waals surface area contributed by atoms with E-state index in [0.717, 1.165) is 17.5 Å². The van der Waals surface area contributed by atoms with Gasteiger partial charge in [0, 0.05) is 26.4 Å². The third-order valence-corrected chi connectivity index (χ3v) is 6.05. The monoisotopic (exact) mass is 304 g/mol. The third-order valence-electron chi connectivity index (χ3n) is 3.70. The first-order valence-electron chi connectivity index (χ1n) is 7.14. The molecule has 0 bridgehead atoms. The van der Waals surface area contributed by atoms with Gasteiger partial charge in [0.15, 0.2) is 0 Å². The molecule has 1 aliphatic rings. The lowest BCUT2D eigenvalue weighted by Crippen LogP contribution is -2.02. The van der Waals surface area contributed by atoms with Crippen molar-refractivity contribution in [3.05, 3.63) is 40.6 Å². The Kier molecular flexibility index (Phi) is 4.53. The summed E-state index contributed by atoms with van der Waals surface area (Å²) in [6, 6.07) is 10.6. The highest BCUT2D eigenvalue weighted by atomic mass is 32.2. The second kappa shape index (κ2) is 6.55. The summed E-state index contributed by atoms with van der Waals surface area (Å²) in [5.74, 6) is 0. The van der Waals surface area contributed by atoms with Crippen molar-refractivity contribution in [2.75, 3.05) is 11.1 Å². The van der Waals surface area contributed by atoms with Crippen LogP contribution in [0.3, 0.4) is 0 Å². The largest absolute Gasteiger partial charge is 0.398 e. The molecule has 4 heteroatoms. The summed E-state index contributed by atoms with van der Waals surface area (Å²) in [5, 5.41) is 6.38. The number of para-hydroxylation sites is 1. The number of nitrogens with one attached hydrogen (secondary N) is 1. The highest BCUT2D eigenvalue weighted by molar-refractivity contribution is 8.00. The van der Waals surface area contributed by atoms with Crippen LogP contribution in [0.25, 0.3) is 0 Å². The van der Waals surface area contributed by atoms with Gasteiger partial charge in [0.05, 0.1) is 6.54 Å². The van der Waals surface area contributed by atoms with Crippen molar-refractivity contribution in [1.29, 1.82) is 0 Å². The van der Waals surface area contributed by atoms with Crippen molar-refractivity contribution < 1.29 is 0 Å². The molecular weight excluding hydrogens is 284 g/mol. The minimum Gasteiger partial charge on any atom is -0.398 e. The van der Waals surface area contributed by atoms with Crippen molar-refractivity contribution in [3.8, 4) is 0 Å². The van der Waals surface area contributed by atoms with Gasteiger partial charge in [0.1, 0.15) is 0 Å². The topological polar surface area (TPSA) is 38.0 Å². The van der Waals surface area contributed by atoms with E-state index in [0.29, 0.717) is 0 Å². The second-order valence-corrected chi connectivity index (χ2v) is 7.52. The average Bonchev–Trinajstić information content (AvgIpc) is 3.10. The Balaban J connectivity index is 1.67. The molecule has 20 heavy (non-hydrogen) atoms. The van der Waals surface area contributed by atoms with E-state index in [1.54, 1.807) is 11.3 Å². The molecule has 1 fully saturated rings. The van der Waals surface area contributed by atoms with Gasteiger partial charge < -0.3 is 11.1 Å². The lowest BCUT2D eigenvalue weighted by atomic mass is 10.3. The number of nitrogen functional groups attached to an aromatic ring is 1. The molecule has 0 spiro atoms. The Morgan fingerprint density at radius 3 is 2.75 bits per heavy atom. The van der Waals surface area contributed by atoms with Crippen LogP contribution in [0.1, 0.15) is 30.6 Å². The smallest absolute Gasteiger partial charge is 0.0515 e. The minimum atomic E-state index is 0.796. The van der Waals surface area contributed by atoms with E-state index in [-0.39, 0.29) is 0 Å². The highest BCUT2D eigenvalue weighted by Crippen LogP contribution is 2.38. The van der Waals surface area contributed by atoms with Crippen LogP contribution in [0.4, 0.5) is 11.4 Å². The number of hydrogen-bond donors (Lipinski definition) is 2. The van der Waals surface area contributed by atoms with Crippen molar-refractivity contribution in [2.45, 2.75) is 42.4 Å². The first-order valence-corrected chi connectivity index (χ1v) is 8.90. The maximum Gasteiger partial charge on any atom is 0.0515 e. The van der Waals surface area contributed by atoms with Crippen LogP contribution in [-0.4, -0.2) is 5.25 Å². The van der Waals surface area contributed by atoms with Crippen LogP contribution in [0.5, 0.6) is 0 Å². The SMILES string of the molecule is Nc1ccsc1CNc1ccccc1SC1CCCC1. The molecular formula is C16H20N2S2. The first-order chi connectivity index (χ1) is 9.83. The van der Waals surface area contributed by atoms with Crippen molar-refractivity contribution in [1.82, 2.24) is 0 Å². The summed E-state index contributed by atoms with van der Waals surface area (Å²) >= 11 is 3.74. The minimum absolute atomic E-state index is 0.796. The molecule has 1 aromatic carbocycles. The Morgan fingerprint density at radius 1 is 1.20 bits per heavy atom. The van der Waals surface area contributed by atoms with Crippen LogP contribution in [0, 0.1) is 0 Å². The van der Waals surface area contributed by atoms with Crippen LogP contribution in [0.15, 0.2) is 40.6 Å². The molecule has 0 saturated heterocycles. The molecule has 0 atom stereocenters. The number of thioether (sulfide) groups is 1. The third kappa shape index (κ3) is 3.30. The molecule has 106 valence electrons. The summed E-state index contributed by atoms with van der Waals surface area (Å²) in [6.07, 6.45) is 5.49. The fourth-order valence-corrected chi connectivity index (χ4v) is 4.66. The fourth-order valence-electron chi connectivity index (χ4n) is 2.57. The standard InChI is InChI=1S/C16H20N2S2/c17-13-9-10-19-16(13)11-18-14-7-3-4-8-15(14)20-12-5-1-2-6-12/h3-4,7-10,12,18H,1-2,5-6,11,17H2. The van der Waals surface area contributed by atoms with Crippen LogP contribution in [-0.2, 0) is 6.54 Å². The zero-order valence-electron chi connectivity index (χ0n) is 11.5. The van der Waals surface area contributed by atoms with E-state index in [4.69, 9.17) is 5.73 Å². The quantitative estimate of drug-likeness (QED) is 0.818. The van der Waals surface area contributed by atoms with Crippen molar-refractivity contribution >= 4 is 34.5 Å². The van der Waals surface area contributed by atoms with E-state index in [2.05, 4.69) is 29.6 Å². The maximum atomic E-state index is 5.94. The summed E-state index contributed by atoms with van der Waals surface area (Å²) in [4.78, 5) is 2.58. The second-order valence-electron chi connectivity index (χ2n) is 5.17. The Morgan fingerprint density at radius 2 is 2.00 bits per heavy atom. The highest BCUT2D eigenvalue weighted by Gasteiger charge is 2.17. The molecule has 0 radical (unpaired) electrons. The fraction of sp³-hybridized carbons (Fsp3) is 0.375. The molecule has 0 amide bonds. The zero-order valence-corrected chi connectivity index (χ0v) is 13.1. The molecule has 0 unspecified atom stereocenters. The van der Waals surface area contributed by atoms with Gasteiger partial charge in [0.25, 0.3) is 0 Å². The van der Waals surface area contributed by atoms with Crippen LogP contribution < -0.4 is 11.1 Å². The van der Waals surface area contributed by atoms with E-state index in [1.165, 1.54) is 41.1 Å². The van der Waals surface area contributed by atoms with Gasteiger partial charge in [0.2, 0.25) is 0 Å². The molecule has 1 aromatic heterocycles. The predicted molar refractivity (Wildman–Crippen MR) is 90.6 cm³/mol. The van der Waals surface area contributed by atoms with Crippen LogP contribution in [0.2, 0.25) is 0 Å². The number of benzene rings is 1. The van der Waals surface area contributed by atoms with Crippen molar-refractivity contribution in [3.63, 3.8) is 0 Å². The molecule has 3 N–H and O–H groups in total. The molecule has 1 saturated carbocycles. The molecule has 2 nitrogen and oxygen atoms in total. The van der Waals surface area contributed by atoms with E-state index < -0.39 is 0 Å². The van der Waals surface area contributed by atoms with Gasteiger partial charge >= 0.3 is 0 Å². The summed E-state index contributed by atoms with van der Waals surface area (Å²) < 4.78 is 0. The zero-order chi connectivity index (χ0) is 13.8. The Labute approximate surface area is 128 Å². The lowest BCUT2D eigenvalue weighted by Gasteiger charge is -2.14. The molecule has 0 aliphatic heterocycles. The molecule has 2 aromatic rings. The van der Waals surface area contributed by atoms with E-state index in [9.17, 15) is 0 Å². The molecule has 3 rings (SSSR count). The number of nitrogens with two attached hydrogens (primary N) is 1. The van der Waals surface area contributed by atoms with Gasteiger partial charge in [-0.15, -0.1) is 23.1 Å². The summed E-state index contributed by atoms with van der Waals surface area (Å²) in [7, 11) is 0. The maximum absolute atomic E-state index is 5.94. The van der Waals surface area contributed by atoms with Crippen molar-refractivity contribution in [2.24, 2.45) is 0 Å². The number of rotatable bonds is 5. The van der Waals surface area contributed by atoms with Gasteiger partial charge in [-0.3, -0.25) is 0 Å². The summed E-state index contributed by atoms with van der Waals surface area (Å²) in [5.41, 5.74) is 8.07. The molecule has 1 heterocycles. The Bertz CT molecular complexity index is 559. The number of thiophene rings is 1. The van der Waals surface area contributed by atoms with Gasteiger partial charge in [-0.2, -0.15) is 0 Å². The van der Waals surface area contributed by atoms with Gasteiger partial charge in [-0.1, -0.05) is 25.0 Å². The first kappa shape index (κ1) is 13.8. The van der Waals surface area contributed by atoms with Crippen LogP contribution >= 0.6 is 23.1 Å². The van der Waals surface area contributed by atoms with E-state index in [1.807, 2.05) is 23.2 Å². The van der Waals surface area contributed by atoms with Gasteiger partial charge in [-0.25, -0.2) is 0 Å². The summed E-state index contributed by atoms with van der Waals surface area (Å²) in [6.45, 7) is 0.811. The number of anilines is 2. The molecule has 1 aliphatic carbocycles.